The van der Waals surface area contributed by atoms with Crippen molar-refractivity contribution in [3.05, 3.63) is 29.8 Å². The van der Waals surface area contributed by atoms with E-state index >= 15 is 0 Å². The highest BCUT2D eigenvalue weighted by Crippen LogP contribution is 2.28. The highest BCUT2D eigenvalue weighted by molar-refractivity contribution is 7.99. The first-order valence-corrected chi connectivity index (χ1v) is 9.60. The summed E-state index contributed by atoms with van der Waals surface area (Å²) in [5.74, 6) is 0.998. The molecule has 0 aliphatic heterocycles. The van der Waals surface area contributed by atoms with Crippen molar-refractivity contribution < 1.29 is 4.74 Å². The van der Waals surface area contributed by atoms with Crippen molar-refractivity contribution in [2.75, 3.05) is 12.9 Å². The lowest BCUT2D eigenvalue weighted by molar-refractivity contribution is 0.306. The topological polar surface area (TPSA) is 21.3 Å². The van der Waals surface area contributed by atoms with Crippen LogP contribution in [0.1, 0.15) is 51.0 Å². The maximum absolute atomic E-state index is 5.75. The third-order valence-electron chi connectivity index (χ3n) is 4.26. The maximum atomic E-state index is 5.75. The minimum Gasteiger partial charge on any atom is -0.494 e. The van der Waals surface area contributed by atoms with Crippen LogP contribution in [0.4, 0.5) is 0 Å². The van der Waals surface area contributed by atoms with E-state index in [0.29, 0.717) is 6.04 Å². The first-order chi connectivity index (χ1) is 10.3. The van der Waals surface area contributed by atoms with Crippen molar-refractivity contribution in [1.82, 2.24) is 5.32 Å². The standard InChI is InChI=1S/C18H29NOS/c1-3-4-5-13-20-16-11-9-15(10-12-16)14-19-17-7-6-8-18(17)21-2/h9-12,17-19H,3-8,13-14H2,1-2H3. The molecule has 0 heterocycles. The van der Waals surface area contributed by atoms with Gasteiger partial charge in [-0.3, -0.25) is 0 Å². The number of benzene rings is 1. The molecule has 1 aliphatic rings. The molecular formula is C18H29NOS. The van der Waals surface area contributed by atoms with Crippen LogP contribution in [0.3, 0.4) is 0 Å². The van der Waals surface area contributed by atoms with E-state index in [1.807, 2.05) is 11.8 Å². The zero-order chi connectivity index (χ0) is 14.9. The van der Waals surface area contributed by atoms with Gasteiger partial charge in [0.1, 0.15) is 5.75 Å². The second kappa shape index (κ2) is 9.37. The lowest BCUT2D eigenvalue weighted by Crippen LogP contribution is -2.33. The van der Waals surface area contributed by atoms with Crippen LogP contribution in [0, 0.1) is 0 Å². The fourth-order valence-corrected chi connectivity index (χ4v) is 3.90. The third-order valence-corrected chi connectivity index (χ3v) is 5.43. The van der Waals surface area contributed by atoms with Crippen molar-refractivity contribution in [1.29, 1.82) is 0 Å². The monoisotopic (exact) mass is 307 g/mol. The van der Waals surface area contributed by atoms with Crippen molar-refractivity contribution in [2.45, 2.75) is 63.3 Å². The van der Waals surface area contributed by atoms with E-state index in [4.69, 9.17) is 4.74 Å². The van der Waals surface area contributed by atoms with E-state index in [0.717, 1.165) is 30.6 Å². The Labute approximate surface area is 134 Å². The second-order valence-electron chi connectivity index (χ2n) is 5.89. The quantitative estimate of drug-likeness (QED) is 0.672. The lowest BCUT2D eigenvalue weighted by atomic mass is 10.2. The molecule has 1 N–H and O–H groups in total. The van der Waals surface area contributed by atoms with Crippen LogP contribution in [0.2, 0.25) is 0 Å². The molecule has 1 aromatic carbocycles. The van der Waals surface area contributed by atoms with E-state index in [-0.39, 0.29) is 0 Å². The van der Waals surface area contributed by atoms with E-state index in [1.54, 1.807) is 0 Å². The maximum Gasteiger partial charge on any atom is 0.119 e. The Balaban J connectivity index is 1.72. The molecule has 1 fully saturated rings. The van der Waals surface area contributed by atoms with Gasteiger partial charge in [-0.15, -0.1) is 0 Å². The molecule has 0 aromatic heterocycles. The summed E-state index contributed by atoms with van der Waals surface area (Å²) < 4.78 is 5.75. The molecular weight excluding hydrogens is 278 g/mol. The number of ether oxygens (including phenoxy) is 1. The molecule has 1 aliphatic carbocycles. The molecule has 2 atom stereocenters. The summed E-state index contributed by atoms with van der Waals surface area (Å²) in [6, 6.07) is 9.26. The number of rotatable bonds is 9. The van der Waals surface area contributed by atoms with Gasteiger partial charge in [0.15, 0.2) is 0 Å². The Kier molecular flexibility index (Phi) is 7.45. The zero-order valence-corrected chi connectivity index (χ0v) is 14.3. The van der Waals surface area contributed by atoms with Crippen molar-refractivity contribution in [3.8, 4) is 5.75 Å². The molecule has 0 bridgehead atoms. The SMILES string of the molecule is CCCCCOc1ccc(CNC2CCCC2SC)cc1. The van der Waals surface area contributed by atoms with E-state index in [2.05, 4.69) is 42.8 Å². The van der Waals surface area contributed by atoms with Crippen LogP contribution >= 0.6 is 11.8 Å². The van der Waals surface area contributed by atoms with Crippen LogP contribution in [-0.4, -0.2) is 24.2 Å². The Bertz CT molecular complexity index is 393. The van der Waals surface area contributed by atoms with Gasteiger partial charge >= 0.3 is 0 Å². The minimum absolute atomic E-state index is 0.685. The minimum atomic E-state index is 0.685. The van der Waals surface area contributed by atoms with Gasteiger partial charge in [0, 0.05) is 17.8 Å². The van der Waals surface area contributed by atoms with E-state index in [1.165, 1.54) is 37.7 Å². The predicted molar refractivity (Wildman–Crippen MR) is 93.2 cm³/mol. The number of nitrogens with one attached hydrogen (secondary N) is 1. The number of hydrogen-bond acceptors (Lipinski definition) is 3. The summed E-state index contributed by atoms with van der Waals surface area (Å²) >= 11 is 2.01. The Morgan fingerprint density at radius 3 is 2.71 bits per heavy atom. The molecule has 1 aromatic rings. The largest absolute Gasteiger partial charge is 0.494 e. The smallest absolute Gasteiger partial charge is 0.119 e. The normalized spacial score (nSPS) is 21.6. The summed E-state index contributed by atoms with van der Waals surface area (Å²) in [4.78, 5) is 0. The van der Waals surface area contributed by atoms with Crippen LogP contribution < -0.4 is 10.1 Å². The lowest BCUT2D eigenvalue weighted by Gasteiger charge is -2.19. The fraction of sp³-hybridized carbons (Fsp3) is 0.667. The summed E-state index contributed by atoms with van der Waals surface area (Å²) in [6.45, 7) is 4.02. The number of thioether (sulfide) groups is 1. The van der Waals surface area contributed by atoms with Gasteiger partial charge in [-0.05, 0) is 43.2 Å². The van der Waals surface area contributed by atoms with Crippen LogP contribution in [0.5, 0.6) is 5.75 Å². The van der Waals surface area contributed by atoms with Gasteiger partial charge in [-0.2, -0.15) is 11.8 Å². The van der Waals surface area contributed by atoms with Crippen LogP contribution in [0.25, 0.3) is 0 Å². The van der Waals surface area contributed by atoms with Crippen LogP contribution in [-0.2, 0) is 6.54 Å². The molecule has 0 radical (unpaired) electrons. The summed E-state index contributed by atoms with van der Waals surface area (Å²) in [5.41, 5.74) is 1.35. The average molecular weight is 308 g/mol. The Hall–Kier alpha value is -0.670. The molecule has 0 amide bonds. The molecule has 2 nitrogen and oxygen atoms in total. The zero-order valence-electron chi connectivity index (χ0n) is 13.4. The first kappa shape index (κ1) is 16.7. The van der Waals surface area contributed by atoms with Crippen molar-refractivity contribution >= 4 is 11.8 Å². The van der Waals surface area contributed by atoms with Gasteiger partial charge in [0.25, 0.3) is 0 Å². The molecule has 0 spiro atoms. The highest BCUT2D eigenvalue weighted by atomic mass is 32.2. The molecule has 1 saturated carbocycles. The van der Waals surface area contributed by atoms with Gasteiger partial charge in [0.05, 0.1) is 6.61 Å². The van der Waals surface area contributed by atoms with Gasteiger partial charge in [0.2, 0.25) is 0 Å². The van der Waals surface area contributed by atoms with E-state index in [9.17, 15) is 0 Å². The Morgan fingerprint density at radius 1 is 1.19 bits per heavy atom. The first-order valence-electron chi connectivity index (χ1n) is 8.31. The summed E-state index contributed by atoms with van der Waals surface area (Å²) in [5, 5.41) is 4.51. The average Bonchev–Trinajstić information content (AvgIpc) is 2.98. The van der Waals surface area contributed by atoms with Crippen molar-refractivity contribution in [3.63, 3.8) is 0 Å². The summed E-state index contributed by atoms with van der Waals surface area (Å²) in [7, 11) is 0. The second-order valence-corrected chi connectivity index (χ2v) is 6.97. The molecule has 2 rings (SSSR count). The van der Waals surface area contributed by atoms with Gasteiger partial charge in [-0.1, -0.05) is 38.3 Å². The van der Waals surface area contributed by atoms with E-state index < -0.39 is 0 Å². The molecule has 2 unspecified atom stereocenters. The van der Waals surface area contributed by atoms with Crippen molar-refractivity contribution in [2.24, 2.45) is 0 Å². The fourth-order valence-electron chi connectivity index (χ4n) is 2.94. The number of unbranched alkanes of at least 4 members (excludes halogenated alkanes) is 2. The molecule has 0 saturated heterocycles. The number of hydrogen-bond donors (Lipinski definition) is 1. The Morgan fingerprint density at radius 2 is 2.00 bits per heavy atom. The molecule has 21 heavy (non-hydrogen) atoms. The van der Waals surface area contributed by atoms with Gasteiger partial charge in [-0.25, -0.2) is 0 Å². The molecule has 118 valence electrons. The van der Waals surface area contributed by atoms with Crippen LogP contribution in [0.15, 0.2) is 24.3 Å². The summed E-state index contributed by atoms with van der Waals surface area (Å²) in [6.07, 6.45) is 9.93. The highest BCUT2D eigenvalue weighted by Gasteiger charge is 2.25. The predicted octanol–water partition coefficient (Wildman–Crippen LogP) is 4.63. The molecule has 3 heteroatoms. The van der Waals surface area contributed by atoms with Gasteiger partial charge < -0.3 is 10.1 Å². The third kappa shape index (κ3) is 5.55.